The van der Waals surface area contributed by atoms with E-state index in [1.807, 2.05) is 0 Å². The van der Waals surface area contributed by atoms with Crippen LogP contribution >= 0.6 is 21.6 Å². The summed E-state index contributed by atoms with van der Waals surface area (Å²) in [6, 6.07) is 0. The third-order valence-corrected chi connectivity index (χ3v) is 8.68. The molecule has 0 aromatic carbocycles. The Bertz CT molecular complexity index is 263. The van der Waals surface area contributed by atoms with Gasteiger partial charge in [0, 0.05) is 10.5 Å². The van der Waals surface area contributed by atoms with Crippen molar-refractivity contribution in [3.63, 3.8) is 0 Å². The highest BCUT2D eigenvalue weighted by Gasteiger charge is 2.18. The lowest BCUT2D eigenvalue weighted by molar-refractivity contribution is 0.538. The van der Waals surface area contributed by atoms with Crippen molar-refractivity contribution in [1.82, 2.24) is 0 Å². The van der Waals surface area contributed by atoms with Gasteiger partial charge in [0.2, 0.25) is 0 Å². The van der Waals surface area contributed by atoms with Crippen LogP contribution in [0.4, 0.5) is 0 Å². The van der Waals surface area contributed by atoms with E-state index in [1.54, 1.807) is 0 Å². The summed E-state index contributed by atoms with van der Waals surface area (Å²) in [7, 11) is 4.28. The van der Waals surface area contributed by atoms with Crippen LogP contribution in [0.15, 0.2) is 0 Å². The van der Waals surface area contributed by atoms with Gasteiger partial charge in [-0.25, -0.2) is 0 Å². The second-order valence-corrected chi connectivity index (χ2v) is 11.8. The van der Waals surface area contributed by atoms with Crippen LogP contribution in [0.3, 0.4) is 0 Å². The van der Waals surface area contributed by atoms with E-state index in [0.717, 1.165) is 0 Å². The summed E-state index contributed by atoms with van der Waals surface area (Å²) in [4.78, 5) is 0. The molecule has 0 bridgehead atoms. The number of unbranched alkanes of at least 4 members (excludes halogenated alkanes) is 15. The minimum absolute atomic E-state index is 0.465. The molecule has 0 spiro atoms. The van der Waals surface area contributed by atoms with E-state index in [2.05, 4.69) is 49.3 Å². The Morgan fingerprint density at radius 2 is 0.885 bits per heavy atom. The topological polar surface area (TPSA) is 0 Å². The molecule has 0 aliphatic carbocycles. The first-order valence-corrected chi connectivity index (χ1v) is 14.2. The van der Waals surface area contributed by atoms with Gasteiger partial charge in [0.05, 0.1) is 0 Å². The standard InChI is InChI=1S/C24H50S2/c1-5-7-9-11-13-14-15-17-19-21-23-25-26-24(3,4)22-20-18-16-12-10-8-6-2/h5-23H2,1-4H3. The molecule has 0 aliphatic heterocycles. The predicted octanol–water partition coefficient (Wildman–Crippen LogP) is 10.2. The zero-order valence-corrected chi connectivity index (χ0v) is 20.4. The van der Waals surface area contributed by atoms with Crippen LogP contribution in [0, 0.1) is 0 Å². The molecule has 26 heavy (non-hydrogen) atoms. The highest BCUT2D eigenvalue weighted by Crippen LogP contribution is 2.39. The van der Waals surface area contributed by atoms with Gasteiger partial charge < -0.3 is 0 Å². The first-order chi connectivity index (χ1) is 12.6. The van der Waals surface area contributed by atoms with Gasteiger partial charge in [0.25, 0.3) is 0 Å². The lowest BCUT2D eigenvalue weighted by Crippen LogP contribution is -2.12. The van der Waals surface area contributed by atoms with Crippen LogP contribution in [0.1, 0.15) is 143 Å². The normalized spacial score (nSPS) is 12.0. The average molecular weight is 403 g/mol. The summed E-state index contributed by atoms with van der Waals surface area (Å²) in [6.07, 6.45) is 25.8. The SMILES string of the molecule is CCCCCCCCCCCCSSC(C)(C)CCCCCCCCC. The molecule has 158 valence electrons. The van der Waals surface area contributed by atoms with E-state index < -0.39 is 0 Å². The molecule has 0 saturated carbocycles. The van der Waals surface area contributed by atoms with Gasteiger partial charge in [-0.1, -0.05) is 138 Å². The van der Waals surface area contributed by atoms with E-state index >= 15 is 0 Å². The fraction of sp³-hybridized carbons (Fsp3) is 1.00. The van der Waals surface area contributed by atoms with Crippen LogP contribution in [-0.4, -0.2) is 10.5 Å². The van der Waals surface area contributed by atoms with E-state index in [1.165, 1.54) is 121 Å². The Labute approximate surface area is 175 Å². The average Bonchev–Trinajstić information content (AvgIpc) is 2.62. The van der Waals surface area contributed by atoms with Crippen LogP contribution < -0.4 is 0 Å². The Morgan fingerprint density at radius 1 is 0.500 bits per heavy atom. The first-order valence-electron chi connectivity index (χ1n) is 11.9. The van der Waals surface area contributed by atoms with Crippen molar-refractivity contribution >= 4 is 21.6 Å². The van der Waals surface area contributed by atoms with E-state index in [0.29, 0.717) is 4.75 Å². The molecule has 0 amide bonds. The van der Waals surface area contributed by atoms with Crippen molar-refractivity contribution in [1.29, 1.82) is 0 Å². The van der Waals surface area contributed by atoms with E-state index in [-0.39, 0.29) is 0 Å². The molecule has 0 heterocycles. The maximum Gasteiger partial charge on any atom is 0.0207 e. The zero-order valence-electron chi connectivity index (χ0n) is 18.8. The molecular weight excluding hydrogens is 352 g/mol. The minimum Gasteiger partial charge on any atom is -0.0936 e. The van der Waals surface area contributed by atoms with E-state index in [9.17, 15) is 0 Å². The van der Waals surface area contributed by atoms with Crippen molar-refractivity contribution in [3.05, 3.63) is 0 Å². The Hall–Kier alpha value is 0.700. The summed E-state index contributed by atoms with van der Waals surface area (Å²) >= 11 is 0. The van der Waals surface area contributed by atoms with Gasteiger partial charge in [-0.2, -0.15) is 0 Å². The van der Waals surface area contributed by atoms with Gasteiger partial charge in [-0.05, 0) is 26.7 Å². The maximum atomic E-state index is 2.44. The Kier molecular flexibility index (Phi) is 21.0. The molecule has 0 aromatic rings. The smallest absolute Gasteiger partial charge is 0.0207 e. The monoisotopic (exact) mass is 402 g/mol. The molecule has 2 heteroatoms. The summed E-state index contributed by atoms with van der Waals surface area (Å²) in [6.45, 7) is 9.49. The Morgan fingerprint density at radius 3 is 1.35 bits per heavy atom. The summed E-state index contributed by atoms with van der Waals surface area (Å²) in [5.41, 5.74) is 0. The van der Waals surface area contributed by atoms with Crippen molar-refractivity contribution in [2.75, 3.05) is 5.75 Å². The highest BCUT2D eigenvalue weighted by molar-refractivity contribution is 8.77. The summed E-state index contributed by atoms with van der Waals surface area (Å²) in [5.74, 6) is 1.35. The molecule has 0 N–H and O–H groups in total. The highest BCUT2D eigenvalue weighted by atomic mass is 33.1. The first kappa shape index (κ1) is 26.7. The third-order valence-electron chi connectivity index (χ3n) is 5.25. The third kappa shape index (κ3) is 21.0. The molecule has 0 fully saturated rings. The second kappa shape index (κ2) is 20.4. The maximum absolute atomic E-state index is 2.44. The van der Waals surface area contributed by atoms with Crippen molar-refractivity contribution in [2.24, 2.45) is 0 Å². The van der Waals surface area contributed by atoms with Gasteiger partial charge in [0.15, 0.2) is 0 Å². The molecule has 0 aliphatic rings. The number of hydrogen-bond donors (Lipinski definition) is 0. The van der Waals surface area contributed by atoms with Crippen LogP contribution in [0.2, 0.25) is 0 Å². The van der Waals surface area contributed by atoms with Crippen LogP contribution in [0.25, 0.3) is 0 Å². The van der Waals surface area contributed by atoms with Crippen molar-refractivity contribution in [2.45, 2.75) is 148 Å². The molecule has 0 nitrogen and oxygen atoms in total. The quantitative estimate of drug-likeness (QED) is 0.138. The van der Waals surface area contributed by atoms with Gasteiger partial charge in [-0.15, -0.1) is 0 Å². The molecular formula is C24H50S2. The van der Waals surface area contributed by atoms with Crippen molar-refractivity contribution < 1.29 is 0 Å². The van der Waals surface area contributed by atoms with Gasteiger partial charge >= 0.3 is 0 Å². The lowest BCUT2D eigenvalue weighted by Gasteiger charge is -2.23. The number of hydrogen-bond acceptors (Lipinski definition) is 2. The lowest BCUT2D eigenvalue weighted by atomic mass is 10.0. The van der Waals surface area contributed by atoms with E-state index in [4.69, 9.17) is 0 Å². The molecule has 0 radical (unpaired) electrons. The predicted molar refractivity (Wildman–Crippen MR) is 129 cm³/mol. The largest absolute Gasteiger partial charge is 0.0936 e. The van der Waals surface area contributed by atoms with Gasteiger partial charge in [-0.3, -0.25) is 0 Å². The number of rotatable bonds is 21. The zero-order chi connectivity index (χ0) is 19.3. The van der Waals surface area contributed by atoms with Crippen LogP contribution in [-0.2, 0) is 0 Å². The van der Waals surface area contributed by atoms with Gasteiger partial charge in [0.1, 0.15) is 0 Å². The van der Waals surface area contributed by atoms with Crippen molar-refractivity contribution in [3.8, 4) is 0 Å². The molecule has 0 atom stereocenters. The molecule has 0 aromatic heterocycles. The molecule has 0 saturated heterocycles. The fourth-order valence-corrected chi connectivity index (χ4v) is 6.16. The molecule has 0 rings (SSSR count). The summed E-state index contributed by atoms with van der Waals surface area (Å²) < 4.78 is 0.465. The molecule has 0 unspecified atom stereocenters. The summed E-state index contributed by atoms with van der Waals surface area (Å²) in [5, 5.41) is 0. The fourth-order valence-electron chi connectivity index (χ4n) is 3.40. The second-order valence-electron chi connectivity index (χ2n) is 8.72. The van der Waals surface area contributed by atoms with Crippen LogP contribution in [0.5, 0.6) is 0 Å². The minimum atomic E-state index is 0.465. The Balaban J connectivity index is 3.29.